The van der Waals surface area contributed by atoms with Crippen LogP contribution in [-0.2, 0) is 19.9 Å². The summed E-state index contributed by atoms with van der Waals surface area (Å²) in [5, 5.41) is 0. The number of carbonyl (C=O) groups excluding carboxylic acids is 1. The summed E-state index contributed by atoms with van der Waals surface area (Å²) >= 11 is 0. The van der Waals surface area contributed by atoms with Gasteiger partial charge in [-0.15, -0.1) is 0 Å². The highest BCUT2D eigenvalue weighted by molar-refractivity contribution is 5.82. The van der Waals surface area contributed by atoms with Gasteiger partial charge in [0.05, 0.1) is 6.61 Å². The number of methoxy groups -OCH3 is 1. The predicted octanol–water partition coefficient (Wildman–Crippen LogP) is 1.87. The Morgan fingerprint density at radius 3 is 2.67 bits per heavy atom. The first-order chi connectivity index (χ1) is 7.29. The van der Waals surface area contributed by atoms with Crippen molar-refractivity contribution in [3.63, 3.8) is 0 Å². The molecule has 2 rings (SSSR count). The number of cyclic esters (lactones) is 1. The van der Waals surface area contributed by atoms with E-state index in [4.69, 9.17) is 9.47 Å². The topological polar surface area (TPSA) is 35.5 Å². The lowest BCUT2D eigenvalue weighted by atomic mass is 9.87. The molecule has 0 radical (unpaired) electrons. The van der Waals surface area contributed by atoms with Crippen LogP contribution in [0.2, 0.25) is 0 Å². The lowest BCUT2D eigenvalue weighted by Gasteiger charge is -2.33. The highest BCUT2D eigenvalue weighted by Gasteiger charge is 2.43. The maximum atomic E-state index is 11.8. The number of esters is 1. The zero-order valence-electron chi connectivity index (χ0n) is 8.73. The van der Waals surface area contributed by atoms with Crippen molar-refractivity contribution in [2.45, 2.75) is 18.4 Å². The Bertz CT molecular complexity index is 347. The van der Waals surface area contributed by atoms with E-state index in [0.717, 1.165) is 12.0 Å². The van der Waals surface area contributed by atoms with E-state index in [9.17, 15) is 4.79 Å². The third-order valence-corrected chi connectivity index (χ3v) is 2.82. The molecule has 0 N–H and O–H groups in total. The molecule has 80 valence electrons. The zero-order valence-corrected chi connectivity index (χ0v) is 8.73. The van der Waals surface area contributed by atoms with Gasteiger partial charge in [0.2, 0.25) is 0 Å². The Balaban J connectivity index is 2.40. The van der Waals surface area contributed by atoms with Gasteiger partial charge in [-0.25, -0.2) is 4.79 Å². The van der Waals surface area contributed by atoms with Crippen LogP contribution < -0.4 is 0 Å². The largest absolute Gasteiger partial charge is 0.463 e. The van der Waals surface area contributed by atoms with Crippen molar-refractivity contribution in [2.75, 3.05) is 13.7 Å². The molecule has 0 spiro atoms. The average Bonchev–Trinajstić information content (AvgIpc) is 2.31. The molecule has 1 heterocycles. The first-order valence-electron chi connectivity index (χ1n) is 5.07. The zero-order chi connectivity index (χ0) is 10.7. The van der Waals surface area contributed by atoms with Crippen LogP contribution in [-0.4, -0.2) is 19.7 Å². The molecule has 1 atom stereocenters. The Labute approximate surface area is 89.0 Å². The van der Waals surface area contributed by atoms with Gasteiger partial charge < -0.3 is 9.47 Å². The maximum absolute atomic E-state index is 11.8. The predicted molar refractivity (Wildman–Crippen MR) is 55.3 cm³/mol. The molecule has 1 fully saturated rings. The summed E-state index contributed by atoms with van der Waals surface area (Å²) in [6.45, 7) is 0.497. The number of hydrogen-bond acceptors (Lipinski definition) is 3. The molecule has 1 unspecified atom stereocenters. The van der Waals surface area contributed by atoms with E-state index < -0.39 is 5.60 Å². The van der Waals surface area contributed by atoms with E-state index in [1.54, 1.807) is 7.11 Å². The van der Waals surface area contributed by atoms with Gasteiger partial charge >= 0.3 is 5.97 Å². The van der Waals surface area contributed by atoms with E-state index in [2.05, 4.69) is 0 Å². The van der Waals surface area contributed by atoms with Crippen molar-refractivity contribution in [3.8, 4) is 0 Å². The Morgan fingerprint density at radius 1 is 1.33 bits per heavy atom. The van der Waals surface area contributed by atoms with Crippen LogP contribution in [0.1, 0.15) is 18.4 Å². The Hall–Kier alpha value is -1.35. The minimum absolute atomic E-state index is 0.276. The molecule has 0 bridgehead atoms. The summed E-state index contributed by atoms with van der Waals surface area (Å²) in [5.74, 6) is -0.276. The monoisotopic (exact) mass is 206 g/mol. The molecular formula is C12H14O3. The second-order valence-corrected chi connectivity index (χ2v) is 3.64. The van der Waals surface area contributed by atoms with E-state index in [-0.39, 0.29) is 5.97 Å². The summed E-state index contributed by atoms with van der Waals surface area (Å²) in [5.41, 5.74) is -0.0170. The van der Waals surface area contributed by atoms with Crippen LogP contribution in [0.15, 0.2) is 30.3 Å². The smallest absolute Gasteiger partial charge is 0.343 e. The highest BCUT2D eigenvalue weighted by Crippen LogP contribution is 2.34. The third-order valence-electron chi connectivity index (χ3n) is 2.82. The highest BCUT2D eigenvalue weighted by atomic mass is 16.6. The van der Waals surface area contributed by atoms with Crippen LogP contribution >= 0.6 is 0 Å². The van der Waals surface area contributed by atoms with E-state index in [0.29, 0.717) is 13.0 Å². The number of benzene rings is 1. The molecule has 0 aromatic heterocycles. The van der Waals surface area contributed by atoms with Crippen molar-refractivity contribution in [3.05, 3.63) is 35.9 Å². The lowest BCUT2D eigenvalue weighted by Crippen LogP contribution is -2.42. The summed E-state index contributed by atoms with van der Waals surface area (Å²) in [6, 6.07) is 9.52. The van der Waals surface area contributed by atoms with Crippen LogP contribution in [0.5, 0.6) is 0 Å². The van der Waals surface area contributed by atoms with E-state index in [1.165, 1.54) is 0 Å². The Morgan fingerprint density at radius 2 is 2.07 bits per heavy atom. The molecule has 1 aliphatic heterocycles. The minimum atomic E-state index is -0.889. The number of rotatable bonds is 2. The van der Waals surface area contributed by atoms with E-state index >= 15 is 0 Å². The van der Waals surface area contributed by atoms with Gasteiger partial charge in [0.1, 0.15) is 0 Å². The van der Waals surface area contributed by atoms with E-state index in [1.807, 2.05) is 30.3 Å². The fraction of sp³-hybridized carbons (Fsp3) is 0.417. The quantitative estimate of drug-likeness (QED) is 0.693. The summed E-state index contributed by atoms with van der Waals surface area (Å²) in [7, 11) is 1.56. The second-order valence-electron chi connectivity index (χ2n) is 3.64. The maximum Gasteiger partial charge on any atom is 0.343 e. The molecule has 1 saturated heterocycles. The van der Waals surface area contributed by atoms with Gasteiger partial charge in [0.25, 0.3) is 0 Å². The number of hydrogen-bond donors (Lipinski definition) is 0. The fourth-order valence-corrected chi connectivity index (χ4v) is 1.98. The summed E-state index contributed by atoms with van der Waals surface area (Å²) < 4.78 is 10.5. The third kappa shape index (κ3) is 1.63. The van der Waals surface area contributed by atoms with Crippen molar-refractivity contribution < 1.29 is 14.3 Å². The average molecular weight is 206 g/mol. The normalized spacial score (nSPS) is 26.1. The van der Waals surface area contributed by atoms with Crippen molar-refractivity contribution in [2.24, 2.45) is 0 Å². The molecule has 0 aliphatic carbocycles. The van der Waals surface area contributed by atoms with Crippen molar-refractivity contribution in [1.29, 1.82) is 0 Å². The molecule has 1 aliphatic rings. The second kappa shape index (κ2) is 4.03. The van der Waals surface area contributed by atoms with Gasteiger partial charge in [-0.1, -0.05) is 30.3 Å². The molecular weight excluding hydrogens is 192 g/mol. The number of carbonyl (C=O) groups is 1. The van der Waals surface area contributed by atoms with Crippen LogP contribution in [0.25, 0.3) is 0 Å². The molecule has 15 heavy (non-hydrogen) atoms. The first-order valence-corrected chi connectivity index (χ1v) is 5.07. The molecule has 0 saturated carbocycles. The van der Waals surface area contributed by atoms with Gasteiger partial charge in [0, 0.05) is 7.11 Å². The van der Waals surface area contributed by atoms with Crippen molar-refractivity contribution in [1.82, 2.24) is 0 Å². The fourth-order valence-electron chi connectivity index (χ4n) is 1.98. The molecule has 3 heteroatoms. The standard InChI is InChI=1S/C12H14O3/c1-14-12(8-5-9-15-11(12)13)10-6-3-2-4-7-10/h2-4,6-7H,5,8-9H2,1H3. The number of ether oxygens (including phenoxy) is 2. The first kappa shape index (κ1) is 10.2. The lowest BCUT2D eigenvalue weighted by molar-refractivity contribution is -0.179. The summed E-state index contributed by atoms with van der Waals surface area (Å²) in [6.07, 6.45) is 1.53. The minimum Gasteiger partial charge on any atom is -0.463 e. The van der Waals surface area contributed by atoms with Gasteiger partial charge in [-0.05, 0) is 18.4 Å². The Kier molecular flexibility index (Phi) is 2.73. The van der Waals surface area contributed by atoms with Gasteiger partial charge in [-0.2, -0.15) is 0 Å². The van der Waals surface area contributed by atoms with Crippen LogP contribution in [0.4, 0.5) is 0 Å². The molecule has 1 aromatic rings. The van der Waals surface area contributed by atoms with Crippen LogP contribution in [0, 0.1) is 0 Å². The molecule has 3 nitrogen and oxygen atoms in total. The molecule has 1 aromatic carbocycles. The van der Waals surface area contributed by atoms with Gasteiger partial charge in [-0.3, -0.25) is 0 Å². The van der Waals surface area contributed by atoms with Gasteiger partial charge in [0.15, 0.2) is 5.60 Å². The van der Waals surface area contributed by atoms with Crippen LogP contribution in [0.3, 0.4) is 0 Å². The summed E-state index contributed by atoms with van der Waals surface area (Å²) in [4.78, 5) is 11.8. The van der Waals surface area contributed by atoms with Crippen molar-refractivity contribution >= 4 is 5.97 Å². The molecule has 0 amide bonds. The SMILES string of the molecule is COC1(c2ccccc2)CCCOC1=O.